The predicted molar refractivity (Wildman–Crippen MR) is 101 cm³/mol. The van der Waals surface area contributed by atoms with Crippen molar-refractivity contribution in [3.05, 3.63) is 0 Å². The Bertz CT molecular complexity index is 408. The van der Waals surface area contributed by atoms with Gasteiger partial charge in [0.2, 0.25) is 0 Å². The number of phosphoric ester groups is 1. The molecular weight excluding hydrogens is 355 g/mol. The number of rotatable bonds is 3. The van der Waals surface area contributed by atoms with Crippen molar-refractivity contribution in [1.29, 1.82) is 0 Å². The van der Waals surface area contributed by atoms with Crippen molar-refractivity contribution in [2.24, 2.45) is 0 Å². The van der Waals surface area contributed by atoms with E-state index < -0.39 is 19.7 Å². The average molecular weight is 392 g/mol. The Morgan fingerprint density at radius 2 is 1.23 bits per heavy atom. The van der Waals surface area contributed by atoms with E-state index >= 15 is 0 Å². The molecule has 26 heavy (non-hydrogen) atoms. The summed E-state index contributed by atoms with van der Waals surface area (Å²) >= 11 is 0. The van der Waals surface area contributed by atoms with Crippen LogP contribution in [0.5, 0.6) is 0 Å². The van der Waals surface area contributed by atoms with Crippen molar-refractivity contribution in [3.8, 4) is 0 Å². The van der Waals surface area contributed by atoms with Crippen molar-refractivity contribution in [2.45, 2.75) is 108 Å². The van der Waals surface area contributed by atoms with Crippen molar-refractivity contribution in [1.82, 2.24) is 0 Å². The molecule has 7 heteroatoms. The molecule has 1 atom stereocenters. The van der Waals surface area contributed by atoms with Gasteiger partial charge in [0.25, 0.3) is 0 Å². The smallest absolute Gasteiger partial charge is 0.347 e. The van der Waals surface area contributed by atoms with Gasteiger partial charge in [-0.3, -0.25) is 4.52 Å². The van der Waals surface area contributed by atoms with Gasteiger partial charge in [0.1, 0.15) is 6.10 Å². The van der Waals surface area contributed by atoms with E-state index in [1.54, 1.807) is 0 Å². The minimum absolute atomic E-state index is 0.119. The molecule has 1 saturated heterocycles. The maximum absolute atomic E-state index is 10.9. The Hall–Kier alpha value is 0.0300. The Labute approximate surface area is 158 Å². The monoisotopic (exact) mass is 392 g/mol. The zero-order chi connectivity index (χ0) is 18.7. The molecule has 0 aromatic rings. The molecule has 0 bridgehead atoms. The summed E-state index contributed by atoms with van der Waals surface area (Å²) in [6.07, 6.45) is 17.8. The lowest BCUT2D eigenvalue weighted by Crippen LogP contribution is -2.32. The van der Waals surface area contributed by atoms with Crippen LogP contribution in [0.3, 0.4) is 0 Å². The highest BCUT2D eigenvalue weighted by molar-refractivity contribution is 7.46. The van der Waals surface area contributed by atoms with E-state index in [2.05, 4.69) is 4.52 Å². The minimum Gasteiger partial charge on any atom is -0.347 e. The first-order chi connectivity index (χ1) is 12.5. The summed E-state index contributed by atoms with van der Waals surface area (Å²) in [5.74, 6) is -0.583. The summed E-state index contributed by atoms with van der Waals surface area (Å²) in [4.78, 5) is 17.7. The molecule has 1 saturated carbocycles. The highest BCUT2D eigenvalue weighted by Crippen LogP contribution is 2.39. The highest BCUT2D eigenvalue weighted by atomic mass is 31.2. The Morgan fingerprint density at radius 3 is 1.65 bits per heavy atom. The van der Waals surface area contributed by atoms with Gasteiger partial charge in [-0.05, 0) is 12.8 Å². The maximum atomic E-state index is 10.9. The SMILES string of the molecule is O=P(O)(O)OC[C@H]1COC2(CCCCCCCCCCCCCCC2)O1. The van der Waals surface area contributed by atoms with Crippen LogP contribution in [0.1, 0.15) is 96.3 Å². The highest BCUT2D eigenvalue weighted by Gasteiger charge is 2.41. The first-order valence-electron chi connectivity index (χ1n) is 10.5. The van der Waals surface area contributed by atoms with E-state index in [0.29, 0.717) is 6.61 Å². The molecule has 0 unspecified atom stereocenters. The van der Waals surface area contributed by atoms with Gasteiger partial charge in [0.15, 0.2) is 5.79 Å². The summed E-state index contributed by atoms with van der Waals surface area (Å²) in [5.41, 5.74) is 0. The third kappa shape index (κ3) is 9.29. The fourth-order valence-electron chi connectivity index (χ4n) is 4.00. The molecule has 0 amide bonds. The minimum atomic E-state index is -4.46. The number of hydrogen-bond acceptors (Lipinski definition) is 4. The van der Waals surface area contributed by atoms with Gasteiger partial charge in [-0.2, -0.15) is 0 Å². The molecule has 2 aliphatic rings. The molecule has 0 radical (unpaired) electrons. The van der Waals surface area contributed by atoms with Crippen LogP contribution in [-0.4, -0.2) is 34.9 Å². The molecule has 0 aromatic carbocycles. The van der Waals surface area contributed by atoms with Crippen LogP contribution in [0, 0.1) is 0 Å². The largest absolute Gasteiger partial charge is 0.469 e. The summed E-state index contributed by atoms with van der Waals surface area (Å²) in [7, 11) is -4.46. The molecular formula is C19H37O6P. The predicted octanol–water partition coefficient (Wildman–Crippen LogP) is 5.07. The Balaban J connectivity index is 1.81. The zero-order valence-corrected chi connectivity index (χ0v) is 17.0. The van der Waals surface area contributed by atoms with Crippen LogP contribution in [-0.2, 0) is 18.6 Å². The third-order valence-corrected chi connectivity index (χ3v) is 5.94. The maximum Gasteiger partial charge on any atom is 0.469 e. The van der Waals surface area contributed by atoms with Gasteiger partial charge >= 0.3 is 7.82 Å². The van der Waals surface area contributed by atoms with Gasteiger partial charge < -0.3 is 19.3 Å². The van der Waals surface area contributed by atoms with Crippen LogP contribution in [0.15, 0.2) is 0 Å². The summed E-state index contributed by atoms with van der Waals surface area (Å²) in [6, 6.07) is 0. The number of ether oxygens (including phenoxy) is 2. The van der Waals surface area contributed by atoms with E-state index in [1.165, 1.54) is 70.6 Å². The Morgan fingerprint density at radius 1 is 0.808 bits per heavy atom. The average Bonchev–Trinajstić information content (AvgIpc) is 2.99. The van der Waals surface area contributed by atoms with E-state index in [-0.39, 0.29) is 6.61 Å². The molecule has 1 heterocycles. The number of phosphoric acid groups is 1. The van der Waals surface area contributed by atoms with Crippen molar-refractivity contribution < 1.29 is 28.3 Å². The molecule has 2 fully saturated rings. The first-order valence-corrected chi connectivity index (χ1v) is 12.0. The van der Waals surface area contributed by atoms with Gasteiger partial charge in [0, 0.05) is 12.8 Å². The third-order valence-electron chi connectivity index (χ3n) is 5.46. The van der Waals surface area contributed by atoms with Crippen LogP contribution in [0.25, 0.3) is 0 Å². The summed E-state index contributed by atoms with van der Waals surface area (Å²) < 4.78 is 27.6. The molecule has 2 rings (SSSR count). The van der Waals surface area contributed by atoms with Crippen molar-refractivity contribution in [2.75, 3.05) is 13.2 Å². The standard InChI is InChI=1S/C19H37O6P/c20-26(21,22)24-17-18-16-23-19(25-18)14-12-10-8-6-4-2-1-3-5-7-9-11-13-15-19/h18H,1-17H2,(H2,20,21,22)/t18-/m1/s1. The van der Waals surface area contributed by atoms with E-state index in [4.69, 9.17) is 19.3 Å². The molecule has 0 aromatic heterocycles. The second-order valence-corrected chi connectivity index (χ2v) is 9.08. The van der Waals surface area contributed by atoms with Gasteiger partial charge in [-0.1, -0.05) is 70.6 Å². The fourth-order valence-corrected chi connectivity index (χ4v) is 4.36. The fraction of sp³-hybridized carbons (Fsp3) is 1.00. The van der Waals surface area contributed by atoms with Gasteiger partial charge in [-0.15, -0.1) is 0 Å². The van der Waals surface area contributed by atoms with Crippen molar-refractivity contribution in [3.63, 3.8) is 0 Å². The Kier molecular flexibility index (Phi) is 10.1. The molecule has 1 aliphatic heterocycles. The first kappa shape index (κ1) is 22.3. The van der Waals surface area contributed by atoms with Crippen LogP contribution >= 0.6 is 7.82 Å². The van der Waals surface area contributed by atoms with E-state index in [9.17, 15) is 4.57 Å². The lowest BCUT2D eigenvalue weighted by Gasteiger charge is -2.28. The molecule has 154 valence electrons. The quantitative estimate of drug-likeness (QED) is 0.652. The summed E-state index contributed by atoms with van der Waals surface area (Å²) in [6.45, 7) is 0.228. The topological polar surface area (TPSA) is 85.2 Å². The van der Waals surface area contributed by atoms with Crippen molar-refractivity contribution >= 4 is 7.82 Å². The summed E-state index contributed by atoms with van der Waals surface area (Å²) in [5, 5.41) is 0. The second kappa shape index (κ2) is 11.8. The van der Waals surface area contributed by atoms with Crippen LogP contribution in [0.2, 0.25) is 0 Å². The number of hydrogen-bond donors (Lipinski definition) is 2. The second-order valence-electron chi connectivity index (χ2n) is 7.84. The molecule has 1 spiro atoms. The van der Waals surface area contributed by atoms with E-state index in [1.807, 2.05) is 0 Å². The van der Waals surface area contributed by atoms with Crippen LogP contribution in [0.4, 0.5) is 0 Å². The molecule has 2 N–H and O–H groups in total. The van der Waals surface area contributed by atoms with E-state index in [0.717, 1.165) is 25.7 Å². The van der Waals surface area contributed by atoms with Gasteiger partial charge in [0.05, 0.1) is 13.2 Å². The van der Waals surface area contributed by atoms with Gasteiger partial charge in [-0.25, -0.2) is 4.57 Å². The lowest BCUT2D eigenvalue weighted by molar-refractivity contribution is -0.182. The molecule has 6 nitrogen and oxygen atoms in total. The normalized spacial score (nSPS) is 27.5. The van der Waals surface area contributed by atoms with Crippen LogP contribution < -0.4 is 0 Å². The lowest BCUT2D eigenvalue weighted by atomic mass is 9.97. The zero-order valence-electron chi connectivity index (χ0n) is 16.1. The molecule has 1 aliphatic carbocycles.